The van der Waals surface area contributed by atoms with Crippen molar-refractivity contribution < 1.29 is 17.6 Å². The van der Waals surface area contributed by atoms with Crippen molar-refractivity contribution in [2.24, 2.45) is 0 Å². The van der Waals surface area contributed by atoms with Crippen molar-refractivity contribution in [1.82, 2.24) is 4.31 Å². The maximum Gasteiger partial charge on any atom is 0.339 e. The molecule has 26 heavy (non-hydrogen) atoms. The number of sulfonamides is 1. The molecule has 7 heteroatoms. The third-order valence-electron chi connectivity index (χ3n) is 4.16. The summed E-state index contributed by atoms with van der Waals surface area (Å²) < 4.78 is 37.1. The van der Waals surface area contributed by atoms with Gasteiger partial charge in [-0.2, -0.15) is 4.31 Å². The first-order valence-corrected chi connectivity index (χ1v) is 9.94. The average Bonchev–Trinajstić information content (AvgIpc) is 2.61. The van der Waals surface area contributed by atoms with Crippen molar-refractivity contribution in [3.05, 3.63) is 69.6 Å². The second-order valence-corrected chi connectivity index (χ2v) is 8.02. The molecule has 0 aliphatic carbocycles. The molecule has 1 aliphatic rings. The summed E-state index contributed by atoms with van der Waals surface area (Å²) in [6, 6.07) is 12.3. The Bertz CT molecular complexity index is 926. The van der Waals surface area contributed by atoms with Crippen LogP contribution in [-0.2, 0) is 10.0 Å². The molecule has 138 valence electrons. The van der Waals surface area contributed by atoms with Crippen LogP contribution in [0.5, 0.6) is 5.75 Å². The number of hydrogen-bond donors (Lipinski definition) is 0. The smallest absolute Gasteiger partial charge is 0.339 e. The van der Waals surface area contributed by atoms with Crippen molar-refractivity contribution in [2.75, 3.05) is 13.1 Å². The maximum atomic E-state index is 12.5. The highest BCUT2D eigenvalue weighted by Crippen LogP contribution is 2.21. The third-order valence-corrected chi connectivity index (χ3v) is 5.73. The summed E-state index contributed by atoms with van der Waals surface area (Å²) in [7, 11) is -3.46. The second kappa shape index (κ2) is 7.88. The van der Waals surface area contributed by atoms with Crippen LogP contribution in [-0.4, -0.2) is 31.9 Å². The van der Waals surface area contributed by atoms with Gasteiger partial charge in [0.1, 0.15) is 17.6 Å². The number of piperidine rings is 1. The molecule has 0 bridgehead atoms. The number of benzene rings is 1. The fraction of sp³-hybridized carbons (Fsp3) is 0.316. The normalized spacial score (nSPS) is 16.8. The van der Waals surface area contributed by atoms with Crippen LogP contribution in [0.1, 0.15) is 24.2 Å². The quantitative estimate of drug-likeness (QED) is 0.803. The van der Waals surface area contributed by atoms with E-state index in [0.717, 1.165) is 5.56 Å². The predicted octanol–water partition coefficient (Wildman–Crippen LogP) is 2.79. The van der Waals surface area contributed by atoms with Gasteiger partial charge in [-0.25, -0.2) is 13.2 Å². The summed E-state index contributed by atoms with van der Waals surface area (Å²) in [5.41, 5.74) is 0.388. The summed E-state index contributed by atoms with van der Waals surface area (Å²) in [4.78, 5) is 11.4. The Morgan fingerprint density at radius 3 is 2.50 bits per heavy atom. The van der Waals surface area contributed by atoms with Crippen LogP contribution in [0, 0.1) is 6.92 Å². The number of ether oxygens (including phenoxy) is 1. The number of aryl methyl sites for hydroxylation is 1. The first-order valence-electron chi connectivity index (χ1n) is 8.44. The molecule has 0 N–H and O–H groups in total. The van der Waals surface area contributed by atoms with E-state index in [1.165, 1.54) is 15.8 Å². The van der Waals surface area contributed by atoms with Crippen LogP contribution in [0.2, 0.25) is 0 Å². The Morgan fingerprint density at radius 2 is 1.85 bits per heavy atom. The number of hydrogen-bond acceptors (Lipinski definition) is 5. The van der Waals surface area contributed by atoms with Gasteiger partial charge in [0, 0.05) is 24.6 Å². The molecule has 1 saturated heterocycles. The Morgan fingerprint density at radius 1 is 1.15 bits per heavy atom. The van der Waals surface area contributed by atoms with Gasteiger partial charge in [0.05, 0.1) is 6.07 Å². The summed E-state index contributed by atoms with van der Waals surface area (Å²) in [6.45, 7) is 2.45. The Kier molecular flexibility index (Phi) is 5.58. The zero-order chi connectivity index (χ0) is 18.6. The van der Waals surface area contributed by atoms with E-state index in [4.69, 9.17) is 9.15 Å². The topological polar surface area (TPSA) is 76.8 Å². The average molecular weight is 375 g/mol. The molecule has 1 aromatic carbocycles. The lowest BCUT2D eigenvalue weighted by atomic mass is 10.1. The standard InChI is InChI=1S/C19H21NO5S/c1-15-13-18(14-19(21)24-15)25-17-7-10-20(11-8-17)26(22,23)12-9-16-5-3-2-4-6-16/h2-6,9,12-14,17H,7-8,10-11H2,1H3/b12-9+. The predicted molar refractivity (Wildman–Crippen MR) is 99.3 cm³/mol. The molecule has 1 aliphatic heterocycles. The van der Waals surface area contributed by atoms with Crippen molar-refractivity contribution in [3.8, 4) is 5.75 Å². The molecule has 0 unspecified atom stereocenters. The van der Waals surface area contributed by atoms with Crippen molar-refractivity contribution in [1.29, 1.82) is 0 Å². The highest BCUT2D eigenvalue weighted by molar-refractivity contribution is 7.92. The number of rotatable bonds is 5. The van der Waals surface area contributed by atoms with Crippen molar-refractivity contribution in [2.45, 2.75) is 25.9 Å². The lowest BCUT2D eigenvalue weighted by Crippen LogP contribution is -2.40. The van der Waals surface area contributed by atoms with Gasteiger partial charge in [0.25, 0.3) is 0 Å². The monoisotopic (exact) mass is 375 g/mol. The van der Waals surface area contributed by atoms with E-state index >= 15 is 0 Å². The summed E-state index contributed by atoms with van der Waals surface area (Å²) in [6.07, 6.45) is 2.61. The SMILES string of the molecule is Cc1cc(OC2CCN(S(=O)(=O)/C=C/c3ccccc3)CC2)cc(=O)o1. The number of nitrogens with zero attached hydrogens (tertiary/aromatic N) is 1. The molecule has 0 radical (unpaired) electrons. The fourth-order valence-corrected chi connectivity index (χ4v) is 4.08. The van der Waals surface area contributed by atoms with E-state index in [2.05, 4.69) is 0 Å². The van der Waals surface area contributed by atoms with Gasteiger partial charge in [-0.1, -0.05) is 30.3 Å². The molecule has 2 aromatic rings. The van der Waals surface area contributed by atoms with Gasteiger partial charge >= 0.3 is 5.63 Å². The van der Waals surface area contributed by atoms with Gasteiger partial charge < -0.3 is 9.15 Å². The highest BCUT2D eigenvalue weighted by atomic mass is 32.2. The zero-order valence-electron chi connectivity index (χ0n) is 14.5. The summed E-state index contributed by atoms with van der Waals surface area (Å²) in [5, 5.41) is 1.25. The van der Waals surface area contributed by atoms with Crippen LogP contribution in [0.3, 0.4) is 0 Å². The van der Waals surface area contributed by atoms with E-state index in [-0.39, 0.29) is 6.10 Å². The van der Waals surface area contributed by atoms with Gasteiger partial charge in [0.2, 0.25) is 10.0 Å². The van der Waals surface area contributed by atoms with E-state index in [9.17, 15) is 13.2 Å². The van der Waals surface area contributed by atoms with Crippen LogP contribution < -0.4 is 10.4 Å². The lowest BCUT2D eigenvalue weighted by molar-refractivity contribution is 0.134. The van der Waals surface area contributed by atoms with Crippen LogP contribution in [0.4, 0.5) is 0 Å². The highest BCUT2D eigenvalue weighted by Gasteiger charge is 2.27. The lowest BCUT2D eigenvalue weighted by Gasteiger charge is -2.30. The maximum absolute atomic E-state index is 12.5. The van der Waals surface area contributed by atoms with Crippen LogP contribution in [0.25, 0.3) is 6.08 Å². The Labute approximate surface area is 152 Å². The van der Waals surface area contributed by atoms with Gasteiger partial charge in [-0.05, 0) is 31.4 Å². The minimum absolute atomic E-state index is 0.124. The largest absolute Gasteiger partial charge is 0.490 e. The molecule has 3 rings (SSSR count). The van der Waals surface area contributed by atoms with Crippen molar-refractivity contribution in [3.63, 3.8) is 0 Å². The van der Waals surface area contributed by atoms with Crippen molar-refractivity contribution >= 4 is 16.1 Å². The minimum Gasteiger partial charge on any atom is -0.490 e. The first-order chi connectivity index (χ1) is 12.4. The van der Waals surface area contributed by atoms with Gasteiger partial charge in [-0.3, -0.25) is 0 Å². The molecular weight excluding hydrogens is 354 g/mol. The minimum atomic E-state index is -3.46. The summed E-state index contributed by atoms with van der Waals surface area (Å²) >= 11 is 0. The fourth-order valence-electron chi connectivity index (χ4n) is 2.86. The van der Waals surface area contributed by atoms with Crippen LogP contribution >= 0.6 is 0 Å². The van der Waals surface area contributed by atoms with E-state index in [1.54, 1.807) is 19.1 Å². The molecule has 0 spiro atoms. The van der Waals surface area contributed by atoms with Gasteiger partial charge in [-0.15, -0.1) is 0 Å². The third kappa shape index (κ3) is 4.83. The Balaban J connectivity index is 1.59. The molecule has 1 fully saturated rings. The first kappa shape index (κ1) is 18.4. The molecule has 2 heterocycles. The Hall–Kier alpha value is -2.38. The molecule has 0 atom stereocenters. The summed E-state index contributed by atoms with van der Waals surface area (Å²) in [5.74, 6) is 0.947. The zero-order valence-corrected chi connectivity index (χ0v) is 15.3. The van der Waals surface area contributed by atoms with Crippen LogP contribution in [0.15, 0.2) is 57.1 Å². The second-order valence-electron chi connectivity index (χ2n) is 6.20. The molecule has 1 aromatic heterocycles. The van der Waals surface area contributed by atoms with E-state index in [0.29, 0.717) is 37.4 Å². The van der Waals surface area contributed by atoms with Gasteiger partial charge in [0.15, 0.2) is 0 Å². The molecule has 0 saturated carbocycles. The van der Waals surface area contributed by atoms with E-state index < -0.39 is 15.6 Å². The van der Waals surface area contributed by atoms with E-state index in [1.807, 2.05) is 30.3 Å². The molecule has 6 nitrogen and oxygen atoms in total. The molecule has 0 amide bonds. The molecular formula is C19H21NO5S.